The second-order valence-corrected chi connectivity index (χ2v) is 9.82. The van der Waals surface area contributed by atoms with E-state index in [1.54, 1.807) is 18.2 Å². The molecular formula is C22H21FN4O3S2. The van der Waals surface area contributed by atoms with E-state index in [-0.39, 0.29) is 23.5 Å². The molecule has 0 unspecified atom stereocenters. The fourth-order valence-electron chi connectivity index (χ4n) is 3.97. The van der Waals surface area contributed by atoms with E-state index in [1.807, 2.05) is 4.57 Å². The van der Waals surface area contributed by atoms with E-state index in [4.69, 9.17) is 4.74 Å². The number of hydrogen-bond acceptors (Lipinski definition) is 7. The molecule has 0 spiro atoms. The van der Waals surface area contributed by atoms with Crippen LogP contribution in [-0.4, -0.2) is 39.5 Å². The summed E-state index contributed by atoms with van der Waals surface area (Å²) >= 11 is 2.70. The predicted octanol–water partition coefficient (Wildman–Crippen LogP) is 4.49. The molecule has 1 fully saturated rings. The molecule has 3 aromatic rings. The van der Waals surface area contributed by atoms with Crippen LogP contribution >= 0.6 is 23.1 Å². The first-order valence-electron chi connectivity index (χ1n) is 10.4. The van der Waals surface area contributed by atoms with Crippen LogP contribution in [0.5, 0.6) is 0 Å². The second-order valence-electron chi connectivity index (χ2n) is 7.78. The first-order valence-corrected chi connectivity index (χ1v) is 12.2. The summed E-state index contributed by atoms with van der Waals surface area (Å²) in [7, 11) is 1.35. The van der Waals surface area contributed by atoms with Crippen LogP contribution in [-0.2, 0) is 22.4 Å². The lowest BCUT2D eigenvalue weighted by molar-refractivity contribution is -0.113. The summed E-state index contributed by atoms with van der Waals surface area (Å²) in [5.74, 6) is -0.424. The zero-order chi connectivity index (χ0) is 22.2. The van der Waals surface area contributed by atoms with Crippen molar-refractivity contribution >= 4 is 40.0 Å². The summed E-state index contributed by atoms with van der Waals surface area (Å²) in [6.45, 7) is 0. The summed E-state index contributed by atoms with van der Waals surface area (Å²) in [4.78, 5) is 26.1. The summed E-state index contributed by atoms with van der Waals surface area (Å²) in [6.07, 6.45) is 4.70. The topological polar surface area (TPSA) is 86.1 Å². The van der Waals surface area contributed by atoms with Crippen LogP contribution in [0.2, 0.25) is 0 Å². The molecule has 7 nitrogen and oxygen atoms in total. The normalized spacial score (nSPS) is 14.9. The second kappa shape index (κ2) is 8.67. The molecule has 2 aromatic heterocycles. The largest absolute Gasteiger partial charge is 0.465 e. The zero-order valence-electron chi connectivity index (χ0n) is 17.4. The number of carbonyl (C=O) groups is 2. The van der Waals surface area contributed by atoms with Gasteiger partial charge in [0.2, 0.25) is 5.91 Å². The molecule has 2 aliphatic rings. The number of thioether (sulfide) groups is 1. The van der Waals surface area contributed by atoms with E-state index in [0.717, 1.165) is 42.5 Å². The molecule has 2 heterocycles. The fourth-order valence-corrected chi connectivity index (χ4v) is 6.07. The van der Waals surface area contributed by atoms with Gasteiger partial charge in [-0.1, -0.05) is 23.9 Å². The van der Waals surface area contributed by atoms with Crippen molar-refractivity contribution in [3.05, 3.63) is 46.1 Å². The smallest absolute Gasteiger partial charge is 0.341 e. The average molecular weight is 473 g/mol. The number of thiophene rings is 1. The SMILES string of the molecule is COC(=O)c1c(NC(=O)CSc2nnc(-c3ccccc3F)n2C2CC2)sc2c1CCC2. The van der Waals surface area contributed by atoms with Gasteiger partial charge in [0, 0.05) is 10.9 Å². The number of aryl methyl sites for hydroxylation is 1. The molecular weight excluding hydrogens is 451 g/mol. The molecule has 5 rings (SSSR count). The Bertz CT molecular complexity index is 1200. The number of hydrogen-bond donors (Lipinski definition) is 1. The van der Waals surface area contributed by atoms with Gasteiger partial charge < -0.3 is 10.1 Å². The predicted molar refractivity (Wildman–Crippen MR) is 121 cm³/mol. The molecule has 0 atom stereocenters. The fraction of sp³-hybridized carbons (Fsp3) is 0.364. The van der Waals surface area contributed by atoms with Crippen LogP contribution in [0.1, 0.15) is 46.1 Å². The van der Waals surface area contributed by atoms with Gasteiger partial charge in [0.15, 0.2) is 11.0 Å². The Morgan fingerprint density at radius 2 is 2.09 bits per heavy atom. The molecule has 0 aliphatic heterocycles. The van der Waals surface area contributed by atoms with Gasteiger partial charge in [-0.25, -0.2) is 9.18 Å². The van der Waals surface area contributed by atoms with E-state index >= 15 is 0 Å². The Hall–Kier alpha value is -2.72. The molecule has 2 aliphatic carbocycles. The van der Waals surface area contributed by atoms with Gasteiger partial charge in [0.25, 0.3) is 0 Å². The number of amides is 1. The number of aromatic nitrogens is 3. The van der Waals surface area contributed by atoms with E-state index in [9.17, 15) is 14.0 Å². The number of anilines is 1. The highest BCUT2D eigenvalue weighted by atomic mass is 32.2. The average Bonchev–Trinajstić information content (AvgIpc) is 3.22. The number of ether oxygens (including phenoxy) is 1. The lowest BCUT2D eigenvalue weighted by atomic mass is 10.1. The van der Waals surface area contributed by atoms with Crippen LogP contribution in [0.4, 0.5) is 9.39 Å². The van der Waals surface area contributed by atoms with Crippen molar-refractivity contribution in [2.75, 3.05) is 18.2 Å². The van der Waals surface area contributed by atoms with Crippen molar-refractivity contribution < 1.29 is 18.7 Å². The number of halogens is 1. The van der Waals surface area contributed by atoms with Gasteiger partial charge >= 0.3 is 5.97 Å². The number of nitrogens with one attached hydrogen (secondary N) is 1. The van der Waals surface area contributed by atoms with Crippen molar-refractivity contribution in [2.24, 2.45) is 0 Å². The van der Waals surface area contributed by atoms with Crippen molar-refractivity contribution in [3.63, 3.8) is 0 Å². The molecule has 1 amide bonds. The van der Waals surface area contributed by atoms with Gasteiger partial charge in [-0.05, 0) is 49.8 Å². The van der Waals surface area contributed by atoms with Crippen LogP contribution in [0, 0.1) is 5.82 Å². The number of fused-ring (bicyclic) bond motifs is 1. The van der Waals surface area contributed by atoms with Gasteiger partial charge in [0.05, 0.1) is 24.0 Å². The monoisotopic (exact) mass is 472 g/mol. The van der Waals surface area contributed by atoms with Gasteiger partial charge in [0.1, 0.15) is 10.8 Å². The summed E-state index contributed by atoms with van der Waals surface area (Å²) in [5, 5.41) is 12.5. The third-order valence-corrected chi connectivity index (χ3v) is 7.74. The Morgan fingerprint density at radius 1 is 1.28 bits per heavy atom. The number of methoxy groups -OCH3 is 1. The van der Waals surface area contributed by atoms with Crippen LogP contribution in [0.25, 0.3) is 11.4 Å². The molecule has 0 saturated heterocycles. The third-order valence-electron chi connectivity index (χ3n) is 5.59. The van der Waals surface area contributed by atoms with E-state index in [0.29, 0.717) is 27.1 Å². The Labute approximate surface area is 192 Å². The van der Waals surface area contributed by atoms with Crippen molar-refractivity contribution in [1.82, 2.24) is 14.8 Å². The zero-order valence-corrected chi connectivity index (χ0v) is 19.0. The first-order chi connectivity index (χ1) is 15.6. The van der Waals surface area contributed by atoms with Crippen LogP contribution in [0.15, 0.2) is 29.4 Å². The highest BCUT2D eigenvalue weighted by molar-refractivity contribution is 7.99. The van der Waals surface area contributed by atoms with Gasteiger partial charge in [-0.15, -0.1) is 21.5 Å². The molecule has 1 saturated carbocycles. The lowest BCUT2D eigenvalue weighted by Gasteiger charge is -2.10. The maximum Gasteiger partial charge on any atom is 0.341 e. The highest BCUT2D eigenvalue weighted by Gasteiger charge is 2.32. The highest BCUT2D eigenvalue weighted by Crippen LogP contribution is 2.42. The molecule has 10 heteroatoms. The van der Waals surface area contributed by atoms with Gasteiger partial charge in [-0.3, -0.25) is 9.36 Å². The van der Waals surface area contributed by atoms with E-state index < -0.39 is 5.97 Å². The maximum absolute atomic E-state index is 14.3. The number of carbonyl (C=O) groups excluding carboxylic acids is 2. The lowest BCUT2D eigenvalue weighted by Crippen LogP contribution is -2.16. The van der Waals surface area contributed by atoms with E-state index in [2.05, 4.69) is 15.5 Å². The first kappa shape index (κ1) is 21.1. The van der Waals surface area contributed by atoms with Crippen molar-refractivity contribution in [1.29, 1.82) is 0 Å². The molecule has 0 radical (unpaired) electrons. The summed E-state index contributed by atoms with van der Waals surface area (Å²) < 4.78 is 21.2. The Morgan fingerprint density at radius 3 is 2.84 bits per heavy atom. The molecule has 1 N–H and O–H groups in total. The summed E-state index contributed by atoms with van der Waals surface area (Å²) in [6, 6.07) is 6.71. The van der Waals surface area contributed by atoms with Crippen molar-refractivity contribution in [3.8, 4) is 11.4 Å². The Balaban J connectivity index is 1.33. The summed E-state index contributed by atoms with van der Waals surface area (Å²) in [5.41, 5.74) is 1.87. The Kier molecular flexibility index (Phi) is 5.73. The van der Waals surface area contributed by atoms with Crippen LogP contribution < -0.4 is 5.32 Å². The van der Waals surface area contributed by atoms with Gasteiger partial charge in [-0.2, -0.15) is 0 Å². The van der Waals surface area contributed by atoms with E-state index in [1.165, 1.54) is 36.3 Å². The number of esters is 1. The van der Waals surface area contributed by atoms with Crippen molar-refractivity contribution in [2.45, 2.75) is 43.3 Å². The minimum Gasteiger partial charge on any atom is -0.465 e. The minimum absolute atomic E-state index is 0.102. The minimum atomic E-state index is -0.421. The number of nitrogens with zero attached hydrogens (tertiary/aromatic N) is 3. The maximum atomic E-state index is 14.3. The quantitative estimate of drug-likeness (QED) is 0.403. The molecule has 32 heavy (non-hydrogen) atoms. The standard InChI is InChI=1S/C22H21FN4O3S2/c1-30-21(29)18-14-6-4-8-16(14)32-20(18)24-17(28)11-31-22-26-25-19(27(22)12-9-10-12)13-5-2-3-7-15(13)23/h2-3,5,7,12H,4,6,8-11H2,1H3,(H,24,28). The number of rotatable bonds is 7. The molecule has 1 aromatic carbocycles. The third kappa shape index (κ3) is 3.93. The molecule has 0 bridgehead atoms. The van der Waals surface area contributed by atoms with Crippen LogP contribution in [0.3, 0.4) is 0 Å². The molecule has 166 valence electrons. The number of benzene rings is 1.